The summed E-state index contributed by atoms with van der Waals surface area (Å²) in [6, 6.07) is 14.3. The molecule has 0 spiro atoms. The molecule has 4 rings (SSSR count). The van der Waals surface area contributed by atoms with Gasteiger partial charge in [0, 0.05) is 0 Å². The Kier molecular flexibility index (Phi) is 6.46. The highest BCUT2D eigenvalue weighted by Gasteiger charge is 2.33. The quantitative estimate of drug-likeness (QED) is 0.524. The van der Waals surface area contributed by atoms with Gasteiger partial charge >= 0.3 is 5.97 Å². The molecule has 1 aliphatic heterocycles. The van der Waals surface area contributed by atoms with E-state index in [1.54, 1.807) is 50.8 Å². The fourth-order valence-corrected chi connectivity index (χ4v) is 4.88. The second-order valence-electron chi connectivity index (χ2n) is 7.33. The van der Waals surface area contributed by atoms with Crippen LogP contribution < -0.4 is 24.4 Å². The van der Waals surface area contributed by atoms with Crippen LogP contribution in [0.15, 0.2) is 69.6 Å². The number of allylic oxidation sites excluding steroid dienone is 1. The van der Waals surface area contributed by atoms with Crippen LogP contribution in [-0.2, 0) is 9.53 Å². The molecule has 1 atom stereocenters. The molecule has 0 saturated carbocycles. The number of carbonyl (C=O) groups is 1. The topological polar surface area (TPSA) is 79.1 Å². The molecule has 33 heavy (non-hydrogen) atoms. The van der Waals surface area contributed by atoms with Crippen molar-refractivity contribution in [3.8, 4) is 11.5 Å². The van der Waals surface area contributed by atoms with Gasteiger partial charge in [-0.1, -0.05) is 47.7 Å². The number of methoxy groups -OCH3 is 2. The Hall–Kier alpha value is -3.65. The number of benzene rings is 2. The summed E-state index contributed by atoms with van der Waals surface area (Å²) in [6.45, 7) is 3.76. The van der Waals surface area contributed by atoms with E-state index < -0.39 is 12.0 Å². The van der Waals surface area contributed by atoms with Crippen LogP contribution in [0.1, 0.15) is 31.0 Å². The van der Waals surface area contributed by atoms with Gasteiger partial charge in [-0.25, -0.2) is 9.79 Å². The third-order valence-corrected chi connectivity index (χ3v) is 6.32. The van der Waals surface area contributed by atoms with E-state index in [4.69, 9.17) is 14.2 Å². The number of thiazole rings is 1. The van der Waals surface area contributed by atoms with E-state index in [9.17, 15) is 9.59 Å². The number of carbonyl (C=O) groups excluding carboxylic acids is 1. The van der Waals surface area contributed by atoms with Crippen LogP contribution in [0.4, 0.5) is 0 Å². The molecule has 3 aromatic rings. The standard InChI is InChI=1S/C25H24N2O5S/c1-5-32-24(29)21-15(2)26-25-27(22(21)17-9-7-6-8-10-17)23(28)20(33-25)14-16-11-12-18(30-3)19(13-16)31-4/h6-14,22H,5H2,1-4H3/b20-14+/t22-/m1/s1. The lowest BCUT2D eigenvalue weighted by atomic mass is 9.96. The van der Waals surface area contributed by atoms with E-state index in [1.165, 1.54) is 11.3 Å². The average molecular weight is 465 g/mol. The first-order chi connectivity index (χ1) is 16.0. The first kappa shape index (κ1) is 22.5. The van der Waals surface area contributed by atoms with Crippen molar-refractivity contribution in [3.05, 3.63) is 90.6 Å². The predicted molar refractivity (Wildman–Crippen MR) is 126 cm³/mol. The molecule has 8 heteroatoms. The molecule has 7 nitrogen and oxygen atoms in total. The molecule has 1 aliphatic rings. The highest BCUT2D eigenvalue weighted by Crippen LogP contribution is 2.31. The molecule has 0 N–H and O–H groups in total. The normalized spacial score (nSPS) is 15.6. The summed E-state index contributed by atoms with van der Waals surface area (Å²) >= 11 is 1.28. The Morgan fingerprint density at radius 3 is 2.52 bits per heavy atom. The van der Waals surface area contributed by atoms with Crippen LogP contribution >= 0.6 is 11.3 Å². The van der Waals surface area contributed by atoms with Crippen molar-refractivity contribution >= 4 is 23.4 Å². The number of nitrogens with zero attached hydrogens (tertiary/aromatic N) is 2. The second kappa shape index (κ2) is 9.46. The predicted octanol–water partition coefficient (Wildman–Crippen LogP) is 2.82. The highest BCUT2D eigenvalue weighted by atomic mass is 32.1. The molecule has 1 aromatic heterocycles. The molecular formula is C25H24N2O5S. The lowest BCUT2D eigenvalue weighted by Gasteiger charge is -2.24. The highest BCUT2D eigenvalue weighted by molar-refractivity contribution is 7.07. The molecule has 170 valence electrons. The molecule has 0 fully saturated rings. The van der Waals surface area contributed by atoms with Gasteiger partial charge in [0.25, 0.3) is 5.56 Å². The number of esters is 1. The van der Waals surface area contributed by atoms with Gasteiger partial charge in [0.05, 0.1) is 42.7 Å². The maximum atomic E-state index is 13.6. The van der Waals surface area contributed by atoms with Gasteiger partial charge in [0.1, 0.15) is 0 Å². The molecule has 0 saturated heterocycles. The minimum absolute atomic E-state index is 0.225. The molecule has 0 amide bonds. The molecule has 2 aromatic carbocycles. The second-order valence-corrected chi connectivity index (χ2v) is 8.34. The summed E-state index contributed by atoms with van der Waals surface area (Å²) in [7, 11) is 3.14. The fourth-order valence-electron chi connectivity index (χ4n) is 3.84. The average Bonchev–Trinajstić information content (AvgIpc) is 3.13. The van der Waals surface area contributed by atoms with Gasteiger partial charge in [-0.15, -0.1) is 0 Å². The summed E-state index contributed by atoms with van der Waals surface area (Å²) in [5, 5.41) is 0. The Labute approximate surface area is 194 Å². The summed E-state index contributed by atoms with van der Waals surface area (Å²) in [6.07, 6.45) is 1.79. The molecule has 0 aliphatic carbocycles. The number of aromatic nitrogens is 1. The van der Waals surface area contributed by atoms with Crippen molar-refractivity contribution in [2.75, 3.05) is 20.8 Å². The number of fused-ring (bicyclic) bond motifs is 1. The SMILES string of the molecule is CCOC(=O)C1=C(C)N=c2s/c(=C/c3ccc(OC)c(OC)c3)c(=O)n2[C@@H]1c1ccccc1. The summed E-state index contributed by atoms with van der Waals surface area (Å²) < 4.78 is 18.1. The van der Waals surface area contributed by atoms with E-state index >= 15 is 0 Å². The van der Waals surface area contributed by atoms with Gasteiger partial charge in [-0.2, -0.15) is 0 Å². The van der Waals surface area contributed by atoms with Crippen LogP contribution in [0.2, 0.25) is 0 Å². The van der Waals surface area contributed by atoms with E-state index in [-0.39, 0.29) is 12.2 Å². The summed E-state index contributed by atoms with van der Waals surface area (Å²) in [5.41, 5.74) is 2.29. The first-order valence-electron chi connectivity index (χ1n) is 10.4. The number of rotatable bonds is 6. The van der Waals surface area contributed by atoms with E-state index in [0.717, 1.165) is 11.1 Å². The van der Waals surface area contributed by atoms with Gasteiger partial charge in [0.2, 0.25) is 0 Å². The van der Waals surface area contributed by atoms with Crippen molar-refractivity contribution in [1.29, 1.82) is 0 Å². The van der Waals surface area contributed by atoms with Gasteiger partial charge in [-0.05, 0) is 43.2 Å². The first-order valence-corrected chi connectivity index (χ1v) is 11.3. The van der Waals surface area contributed by atoms with E-state index in [1.807, 2.05) is 36.4 Å². The zero-order valence-corrected chi connectivity index (χ0v) is 19.6. The van der Waals surface area contributed by atoms with Crippen LogP contribution in [0, 0.1) is 0 Å². The molecule has 0 unspecified atom stereocenters. The lowest BCUT2D eigenvalue weighted by Crippen LogP contribution is -2.39. The number of hydrogen-bond acceptors (Lipinski definition) is 7. The zero-order valence-electron chi connectivity index (χ0n) is 18.8. The molecular weight excluding hydrogens is 440 g/mol. The van der Waals surface area contributed by atoms with E-state index in [0.29, 0.717) is 32.1 Å². The van der Waals surface area contributed by atoms with Crippen molar-refractivity contribution in [2.45, 2.75) is 19.9 Å². The maximum absolute atomic E-state index is 13.6. The Bertz CT molecular complexity index is 1400. The van der Waals surface area contributed by atoms with Crippen LogP contribution in [0.5, 0.6) is 11.5 Å². The Balaban J connectivity index is 1.92. The molecule has 2 heterocycles. The summed E-state index contributed by atoms with van der Waals surface area (Å²) in [4.78, 5) is 31.5. The minimum Gasteiger partial charge on any atom is -0.493 e. The largest absolute Gasteiger partial charge is 0.493 e. The molecule has 0 radical (unpaired) electrons. The van der Waals surface area contributed by atoms with Gasteiger partial charge < -0.3 is 14.2 Å². The van der Waals surface area contributed by atoms with Gasteiger partial charge in [0.15, 0.2) is 16.3 Å². The lowest BCUT2D eigenvalue weighted by molar-refractivity contribution is -0.139. The third kappa shape index (κ3) is 4.21. The van der Waals surface area contributed by atoms with Crippen molar-refractivity contribution in [1.82, 2.24) is 4.57 Å². The summed E-state index contributed by atoms with van der Waals surface area (Å²) in [5.74, 6) is 0.707. The van der Waals surface area contributed by atoms with Gasteiger partial charge in [-0.3, -0.25) is 9.36 Å². The number of hydrogen-bond donors (Lipinski definition) is 0. The fraction of sp³-hybridized carbons (Fsp3) is 0.240. The zero-order chi connectivity index (χ0) is 23.5. The van der Waals surface area contributed by atoms with E-state index in [2.05, 4.69) is 4.99 Å². The molecule has 0 bridgehead atoms. The van der Waals surface area contributed by atoms with Crippen LogP contribution in [0.25, 0.3) is 6.08 Å². The van der Waals surface area contributed by atoms with Crippen molar-refractivity contribution < 1.29 is 19.0 Å². The smallest absolute Gasteiger partial charge is 0.338 e. The number of ether oxygens (including phenoxy) is 3. The minimum atomic E-state index is -0.617. The van der Waals surface area contributed by atoms with Crippen molar-refractivity contribution in [2.24, 2.45) is 4.99 Å². The maximum Gasteiger partial charge on any atom is 0.338 e. The third-order valence-electron chi connectivity index (χ3n) is 5.34. The monoisotopic (exact) mass is 464 g/mol. The van der Waals surface area contributed by atoms with Crippen molar-refractivity contribution in [3.63, 3.8) is 0 Å². The Morgan fingerprint density at radius 1 is 1.12 bits per heavy atom. The van der Waals surface area contributed by atoms with Crippen LogP contribution in [0.3, 0.4) is 0 Å². The van der Waals surface area contributed by atoms with Crippen LogP contribution in [-0.4, -0.2) is 31.4 Å². The Morgan fingerprint density at radius 2 is 1.85 bits per heavy atom.